The number of nitrogens with zero attached hydrogens (tertiary/aromatic N) is 2. The minimum Gasteiger partial charge on any atom is -0.382 e. The minimum atomic E-state index is -0.674. The molecule has 21 heavy (non-hydrogen) atoms. The number of halogens is 2. The monoisotopic (exact) mass is 286 g/mol. The van der Waals surface area contributed by atoms with Gasteiger partial charge in [-0.05, 0) is 24.6 Å². The molecule has 4 nitrogen and oxygen atoms in total. The van der Waals surface area contributed by atoms with Crippen LogP contribution >= 0.6 is 0 Å². The van der Waals surface area contributed by atoms with E-state index in [1.165, 1.54) is 6.07 Å². The molecule has 0 aliphatic heterocycles. The zero-order valence-corrected chi connectivity index (χ0v) is 11.2. The highest BCUT2D eigenvalue weighted by Crippen LogP contribution is 2.36. The van der Waals surface area contributed by atoms with E-state index in [9.17, 15) is 8.78 Å². The summed E-state index contributed by atoms with van der Waals surface area (Å²) in [5.41, 5.74) is 8.09. The average Bonchev–Trinajstić information content (AvgIpc) is 2.85. The summed E-state index contributed by atoms with van der Waals surface area (Å²) < 4.78 is 27.5. The second-order valence-corrected chi connectivity index (χ2v) is 4.68. The summed E-state index contributed by atoms with van der Waals surface area (Å²) >= 11 is 0. The first-order chi connectivity index (χ1) is 10.1. The number of anilines is 1. The Morgan fingerprint density at radius 3 is 2.71 bits per heavy atom. The van der Waals surface area contributed by atoms with E-state index in [1.807, 2.05) is 0 Å². The maximum absolute atomic E-state index is 14.1. The molecule has 0 bridgehead atoms. The quantitative estimate of drug-likeness (QED) is 0.759. The van der Waals surface area contributed by atoms with Crippen LogP contribution in [0.4, 0.5) is 14.6 Å². The molecular formula is C15H12F2N4. The zero-order valence-electron chi connectivity index (χ0n) is 11.2. The van der Waals surface area contributed by atoms with Crippen LogP contribution in [0.3, 0.4) is 0 Å². The predicted octanol–water partition coefficient (Wildman–Crippen LogP) is 3.31. The molecule has 6 heteroatoms. The van der Waals surface area contributed by atoms with E-state index in [0.717, 1.165) is 6.07 Å². The van der Waals surface area contributed by atoms with Crippen LogP contribution in [0.15, 0.2) is 36.7 Å². The number of hydrogen-bond donors (Lipinski definition) is 2. The number of rotatable bonds is 2. The van der Waals surface area contributed by atoms with Crippen LogP contribution in [0.1, 0.15) is 5.56 Å². The van der Waals surface area contributed by atoms with Gasteiger partial charge >= 0.3 is 0 Å². The van der Waals surface area contributed by atoms with E-state index < -0.39 is 11.6 Å². The molecule has 0 amide bonds. The second-order valence-electron chi connectivity index (χ2n) is 4.68. The van der Waals surface area contributed by atoms with Gasteiger partial charge in [-0.25, -0.2) is 8.78 Å². The third kappa shape index (κ3) is 2.24. The van der Waals surface area contributed by atoms with Crippen LogP contribution in [0.2, 0.25) is 0 Å². The summed E-state index contributed by atoms with van der Waals surface area (Å²) in [6, 6.07) is 5.83. The van der Waals surface area contributed by atoms with Gasteiger partial charge in [0.15, 0.2) is 5.82 Å². The highest BCUT2D eigenvalue weighted by molar-refractivity contribution is 5.87. The van der Waals surface area contributed by atoms with Crippen molar-refractivity contribution < 1.29 is 8.78 Å². The number of nitrogens with one attached hydrogen (secondary N) is 1. The second kappa shape index (κ2) is 4.97. The largest absolute Gasteiger partial charge is 0.382 e. The fourth-order valence-electron chi connectivity index (χ4n) is 2.20. The van der Waals surface area contributed by atoms with Crippen molar-refractivity contribution in [2.75, 3.05) is 5.73 Å². The van der Waals surface area contributed by atoms with Gasteiger partial charge < -0.3 is 5.73 Å². The van der Waals surface area contributed by atoms with Gasteiger partial charge in [0.1, 0.15) is 11.6 Å². The highest BCUT2D eigenvalue weighted by Gasteiger charge is 2.19. The van der Waals surface area contributed by atoms with Crippen LogP contribution < -0.4 is 5.73 Å². The fraction of sp³-hybridized carbons (Fsp3) is 0.0667. The lowest BCUT2D eigenvalue weighted by atomic mass is 10.0. The lowest BCUT2D eigenvalue weighted by Crippen LogP contribution is -1.93. The molecule has 0 fully saturated rings. The van der Waals surface area contributed by atoms with Crippen LogP contribution in [0.5, 0.6) is 0 Å². The van der Waals surface area contributed by atoms with Crippen molar-refractivity contribution in [2.24, 2.45) is 0 Å². The lowest BCUT2D eigenvalue weighted by Gasteiger charge is -2.07. The average molecular weight is 286 g/mol. The number of aromatic amines is 1. The molecule has 106 valence electrons. The van der Waals surface area contributed by atoms with E-state index >= 15 is 0 Å². The molecule has 3 aromatic rings. The first kappa shape index (κ1) is 13.2. The number of pyridine rings is 1. The van der Waals surface area contributed by atoms with Gasteiger partial charge in [-0.1, -0.05) is 6.07 Å². The third-order valence-corrected chi connectivity index (χ3v) is 3.26. The van der Waals surface area contributed by atoms with Gasteiger partial charge in [-0.2, -0.15) is 5.10 Å². The number of H-pyrrole nitrogens is 1. The van der Waals surface area contributed by atoms with E-state index in [1.54, 1.807) is 31.5 Å². The van der Waals surface area contributed by atoms with E-state index in [4.69, 9.17) is 5.73 Å². The van der Waals surface area contributed by atoms with Gasteiger partial charge in [-0.3, -0.25) is 10.1 Å². The van der Waals surface area contributed by atoms with E-state index in [-0.39, 0.29) is 11.4 Å². The Morgan fingerprint density at radius 2 is 2.00 bits per heavy atom. The Balaban J connectivity index is 2.24. The Kier molecular flexibility index (Phi) is 3.13. The van der Waals surface area contributed by atoms with Crippen LogP contribution in [-0.4, -0.2) is 15.2 Å². The van der Waals surface area contributed by atoms with Crippen molar-refractivity contribution in [1.29, 1.82) is 0 Å². The van der Waals surface area contributed by atoms with Crippen molar-refractivity contribution in [1.82, 2.24) is 15.2 Å². The molecule has 0 radical (unpaired) electrons. The van der Waals surface area contributed by atoms with Gasteiger partial charge in [0.25, 0.3) is 0 Å². The molecule has 0 unspecified atom stereocenters. The number of aryl methyl sites for hydroxylation is 1. The topological polar surface area (TPSA) is 67.6 Å². The summed E-state index contributed by atoms with van der Waals surface area (Å²) in [6.07, 6.45) is 3.24. The predicted molar refractivity (Wildman–Crippen MR) is 76.3 cm³/mol. The number of nitrogens with two attached hydrogens (primary N) is 1. The Bertz CT molecular complexity index is 797. The summed E-state index contributed by atoms with van der Waals surface area (Å²) in [7, 11) is 0. The maximum Gasteiger partial charge on any atom is 0.153 e. The summed E-state index contributed by atoms with van der Waals surface area (Å²) in [6.45, 7) is 1.57. The standard InChI is InChI=1S/C15H12F2N4/c1-8-5-10(12(17)6-11(8)16)14-13(15(18)21-20-14)9-3-2-4-19-7-9/h2-7H,1H3,(H3,18,20,21). The normalized spacial score (nSPS) is 10.8. The maximum atomic E-state index is 14.1. The van der Waals surface area contributed by atoms with Crippen LogP contribution in [-0.2, 0) is 0 Å². The molecule has 0 saturated heterocycles. The minimum absolute atomic E-state index is 0.219. The molecule has 2 heterocycles. The molecule has 0 atom stereocenters. The summed E-state index contributed by atoms with van der Waals surface area (Å²) in [5.74, 6) is -1.03. The van der Waals surface area contributed by atoms with Crippen molar-refractivity contribution in [3.63, 3.8) is 0 Å². The molecular weight excluding hydrogens is 274 g/mol. The van der Waals surface area contributed by atoms with E-state index in [0.29, 0.717) is 22.4 Å². The van der Waals surface area contributed by atoms with Crippen LogP contribution in [0, 0.1) is 18.6 Å². The molecule has 0 aliphatic carbocycles. The SMILES string of the molecule is Cc1cc(-c2[nH]nc(N)c2-c2cccnc2)c(F)cc1F. The van der Waals surface area contributed by atoms with Crippen LogP contribution in [0.25, 0.3) is 22.4 Å². The van der Waals surface area contributed by atoms with Gasteiger partial charge in [-0.15, -0.1) is 0 Å². The number of aromatic nitrogens is 3. The number of nitrogen functional groups attached to an aromatic ring is 1. The molecule has 3 rings (SSSR count). The van der Waals surface area contributed by atoms with Crippen molar-refractivity contribution in [3.05, 3.63) is 53.9 Å². The van der Waals surface area contributed by atoms with Crippen molar-refractivity contribution >= 4 is 5.82 Å². The number of benzene rings is 1. The molecule has 0 spiro atoms. The van der Waals surface area contributed by atoms with Gasteiger partial charge in [0.2, 0.25) is 0 Å². The molecule has 0 aliphatic rings. The molecule has 3 N–H and O–H groups in total. The zero-order chi connectivity index (χ0) is 15.0. The van der Waals surface area contributed by atoms with Gasteiger partial charge in [0.05, 0.1) is 11.3 Å². The molecule has 0 saturated carbocycles. The van der Waals surface area contributed by atoms with Crippen molar-refractivity contribution in [2.45, 2.75) is 6.92 Å². The molecule has 2 aromatic heterocycles. The molecule has 1 aromatic carbocycles. The summed E-state index contributed by atoms with van der Waals surface area (Å²) in [4.78, 5) is 4.02. The first-order valence-corrected chi connectivity index (χ1v) is 6.28. The number of hydrogen-bond acceptors (Lipinski definition) is 3. The van der Waals surface area contributed by atoms with E-state index in [2.05, 4.69) is 15.2 Å². The first-order valence-electron chi connectivity index (χ1n) is 6.28. The Morgan fingerprint density at radius 1 is 1.19 bits per heavy atom. The van der Waals surface area contributed by atoms with Crippen molar-refractivity contribution in [3.8, 4) is 22.4 Å². The smallest absolute Gasteiger partial charge is 0.153 e. The summed E-state index contributed by atoms with van der Waals surface area (Å²) in [5, 5.41) is 6.64. The Labute approximate surface area is 119 Å². The highest BCUT2D eigenvalue weighted by atomic mass is 19.1. The fourth-order valence-corrected chi connectivity index (χ4v) is 2.20. The van der Waals surface area contributed by atoms with Gasteiger partial charge in [0, 0.05) is 29.6 Å². The lowest BCUT2D eigenvalue weighted by molar-refractivity contribution is 0.579. The Hall–Kier alpha value is -2.76. The third-order valence-electron chi connectivity index (χ3n) is 3.26.